The molecule has 0 radical (unpaired) electrons. The summed E-state index contributed by atoms with van der Waals surface area (Å²) in [5.41, 5.74) is 4.60. The highest BCUT2D eigenvalue weighted by molar-refractivity contribution is 5.37. The van der Waals surface area contributed by atoms with Crippen molar-refractivity contribution in [3.63, 3.8) is 0 Å². The van der Waals surface area contributed by atoms with Crippen LogP contribution in [0.5, 0.6) is 0 Å². The fourth-order valence-corrected chi connectivity index (χ4v) is 2.20. The van der Waals surface area contributed by atoms with Crippen LogP contribution in [0.3, 0.4) is 0 Å². The van der Waals surface area contributed by atoms with Crippen LogP contribution in [-0.4, -0.2) is 13.1 Å². The van der Waals surface area contributed by atoms with Gasteiger partial charge in [-0.1, -0.05) is 39.0 Å². The smallest absolute Gasteiger partial charge is 0.00407 e. The van der Waals surface area contributed by atoms with Gasteiger partial charge in [-0.25, -0.2) is 0 Å². The SMILES string of the molecule is CCNCCC(C)(C)c1cccc(C)c1C. The van der Waals surface area contributed by atoms with E-state index < -0.39 is 0 Å². The number of nitrogens with one attached hydrogen (secondary N) is 1. The molecule has 16 heavy (non-hydrogen) atoms. The standard InChI is InChI=1S/C15H25N/c1-6-16-11-10-15(4,5)14-9-7-8-12(2)13(14)3/h7-9,16H,6,10-11H2,1-5H3. The Hall–Kier alpha value is -0.820. The molecule has 0 heterocycles. The molecular weight excluding hydrogens is 194 g/mol. The summed E-state index contributed by atoms with van der Waals surface area (Å²) in [6.45, 7) is 13.4. The van der Waals surface area contributed by atoms with Gasteiger partial charge in [0.1, 0.15) is 0 Å². The van der Waals surface area contributed by atoms with Crippen molar-refractivity contribution < 1.29 is 0 Å². The molecule has 0 fully saturated rings. The van der Waals surface area contributed by atoms with Crippen LogP contribution < -0.4 is 5.32 Å². The van der Waals surface area contributed by atoms with Crippen molar-refractivity contribution >= 4 is 0 Å². The van der Waals surface area contributed by atoms with Crippen molar-refractivity contribution in [2.45, 2.75) is 46.5 Å². The van der Waals surface area contributed by atoms with Crippen LogP contribution in [0.2, 0.25) is 0 Å². The molecule has 0 aromatic heterocycles. The molecule has 0 amide bonds. The zero-order chi connectivity index (χ0) is 12.2. The lowest BCUT2D eigenvalue weighted by Gasteiger charge is -2.28. The summed E-state index contributed by atoms with van der Waals surface area (Å²) < 4.78 is 0. The number of hydrogen-bond acceptors (Lipinski definition) is 1. The second-order valence-electron chi connectivity index (χ2n) is 5.23. The third-order valence-electron chi connectivity index (χ3n) is 3.51. The predicted octanol–water partition coefficient (Wildman–Crippen LogP) is 3.58. The maximum absolute atomic E-state index is 3.41. The van der Waals surface area contributed by atoms with E-state index in [1.165, 1.54) is 23.1 Å². The summed E-state index contributed by atoms with van der Waals surface area (Å²) in [6, 6.07) is 6.64. The first-order chi connectivity index (χ1) is 7.49. The third kappa shape index (κ3) is 3.08. The van der Waals surface area contributed by atoms with Gasteiger partial charge in [0, 0.05) is 0 Å². The van der Waals surface area contributed by atoms with E-state index in [-0.39, 0.29) is 5.41 Å². The molecule has 0 saturated heterocycles. The van der Waals surface area contributed by atoms with Gasteiger partial charge in [-0.05, 0) is 55.5 Å². The maximum atomic E-state index is 3.41. The highest BCUT2D eigenvalue weighted by atomic mass is 14.8. The van der Waals surface area contributed by atoms with Crippen molar-refractivity contribution in [1.29, 1.82) is 0 Å². The lowest BCUT2D eigenvalue weighted by atomic mass is 9.78. The second kappa shape index (κ2) is 5.49. The van der Waals surface area contributed by atoms with Crippen LogP contribution in [0.1, 0.15) is 43.9 Å². The molecule has 1 nitrogen and oxygen atoms in total. The largest absolute Gasteiger partial charge is 0.317 e. The molecular formula is C15H25N. The number of hydrogen-bond donors (Lipinski definition) is 1. The summed E-state index contributed by atoms with van der Waals surface area (Å²) in [5.74, 6) is 0. The van der Waals surface area contributed by atoms with E-state index in [0.29, 0.717) is 0 Å². The first-order valence-electron chi connectivity index (χ1n) is 6.26. The van der Waals surface area contributed by atoms with Gasteiger partial charge >= 0.3 is 0 Å². The van der Waals surface area contributed by atoms with E-state index >= 15 is 0 Å². The minimum absolute atomic E-state index is 0.262. The highest BCUT2D eigenvalue weighted by Crippen LogP contribution is 2.30. The van der Waals surface area contributed by atoms with E-state index in [0.717, 1.165) is 13.1 Å². The average molecular weight is 219 g/mol. The zero-order valence-corrected chi connectivity index (χ0v) is 11.4. The highest BCUT2D eigenvalue weighted by Gasteiger charge is 2.22. The third-order valence-corrected chi connectivity index (χ3v) is 3.51. The van der Waals surface area contributed by atoms with E-state index in [2.05, 4.69) is 58.1 Å². The van der Waals surface area contributed by atoms with E-state index in [1.54, 1.807) is 0 Å². The van der Waals surface area contributed by atoms with Crippen LogP contribution in [0.15, 0.2) is 18.2 Å². The number of aryl methyl sites for hydroxylation is 1. The Balaban J connectivity index is 2.84. The van der Waals surface area contributed by atoms with Crippen LogP contribution in [-0.2, 0) is 5.41 Å². The molecule has 0 bridgehead atoms. The van der Waals surface area contributed by atoms with Gasteiger partial charge in [0.15, 0.2) is 0 Å². The van der Waals surface area contributed by atoms with E-state index in [1.807, 2.05) is 0 Å². The van der Waals surface area contributed by atoms with Crippen LogP contribution in [0.25, 0.3) is 0 Å². The van der Waals surface area contributed by atoms with Crippen LogP contribution in [0.4, 0.5) is 0 Å². The fraction of sp³-hybridized carbons (Fsp3) is 0.600. The number of benzene rings is 1. The lowest BCUT2D eigenvalue weighted by molar-refractivity contribution is 0.459. The predicted molar refractivity (Wildman–Crippen MR) is 72.1 cm³/mol. The topological polar surface area (TPSA) is 12.0 Å². The van der Waals surface area contributed by atoms with Gasteiger partial charge in [0.25, 0.3) is 0 Å². The molecule has 1 heteroatoms. The quantitative estimate of drug-likeness (QED) is 0.746. The maximum Gasteiger partial charge on any atom is -0.00407 e. The Kier molecular flexibility index (Phi) is 4.55. The van der Waals surface area contributed by atoms with Crippen LogP contribution in [0, 0.1) is 13.8 Å². The van der Waals surface area contributed by atoms with Gasteiger partial charge in [0.05, 0.1) is 0 Å². The minimum atomic E-state index is 0.262. The van der Waals surface area contributed by atoms with Gasteiger partial charge < -0.3 is 5.32 Å². The van der Waals surface area contributed by atoms with Gasteiger partial charge in [-0.3, -0.25) is 0 Å². The molecule has 1 aromatic rings. The van der Waals surface area contributed by atoms with Crippen LogP contribution >= 0.6 is 0 Å². The molecule has 90 valence electrons. The Morgan fingerprint density at radius 2 is 1.88 bits per heavy atom. The summed E-state index contributed by atoms with van der Waals surface area (Å²) in [5, 5.41) is 3.41. The summed E-state index contributed by atoms with van der Waals surface area (Å²) in [4.78, 5) is 0. The summed E-state index contributed by atoms with van der Waals surface area (Å²) in [6.07, 6.45) is 1.19. The molecule has 0 unspecified atom stereocenters. The normalized spacial score (nSPS) is 11.8. The average Bonchev–Trinajstić information content (AvgIpc) is 2.22. The number of rotatable bonds is 5. The minimum Gasteiger partial charge on any atom is -0.317 e. The monoisotopic (exact) mass is 219 g/mol. The molecule has 0 atom stereocenters. The molecule has 0 spiro atoms. The van der Waals surface area contributed by atoms with Gasteiger partial charge in [-0.15, -0.1) is 0 Å². The van der Waals surface area contributed by atoms with Gasteiger partial charge in [-0.2, -0.15) is 0 Å². The van der Waals surface area contributed by atoms with E-state index in [9.17, 15) is 0 Å². The van der Waals surface area contributed by atoms with Crippen molar-refractivity contribution in [2.75, 3.05) is 13.1 Å². The zero-order valence-electron chi connectivity index (χ0n) is 11.4. The van der Waals surface area contributed by atoms with Gasteiger partial charge in [0.2, 0.25) is 0 Å². The fourth-order valence-electron chi connectivity index (χ4n) is 2.20. The molecule has 1 N–H and O–H groups in total. The first kappa shape index (κ1) is 13.2. The first-order valence-corrected chi connectivity index (χ1v) is 6.26. The van der Waals surface area contributed by atoms with Crippen molar-refractivity contribution in [2.24, 2.45) is 0 Å². The van der Waals surface area contributed by atoms with Crippen molar-refractivity contribution in [3.8, 4) is 0 Å². The lowest BCUT2D eigenvalue weighted by Crippen LogP contribution is -2.26. The summed E-state index contributed by atoms with van der Waals surface area (Å²) >= 11 is 0. The Labute approximate surface area is 100 Å². The molecule has 0 aliphatic carbocycles. The molecule has 0 saturated carbocycles. The second-order valence-corrected chi connectivity index (χ2v) is 5.23. The van der Waals surface area contributed by atoms with Crippen molar-refractivity contribution in [1.82, 2.24) is 5.32 Å². The molecule has 0 aliphatic rings. The van der Waals surface area contributed by atoms with E-state index in [4.69, 9.17) is 0 Å². The Bertz CT molecular complexity index is 339. The van der Waals surface area contributed by atoms with Crippen molar-refractivity contribution in [3.05, 3.63) is 34.9 Å². The Morgan fingerprint density at radius 3 is 2.50 bits per heavy atom. The molecule has 1 aromatic carbocycles. The molecule has 1 rings (SSSR count). The Morgan fingerprint density at radius 1 is 1.19 bits per heavy atom. The molecule has 0 aliphatic heterocycles. The summed E-state index contributed by atoms with van der Waals surface area (Å²) in [7, 11) is 0.